The monoisotopic (exact) mass is 191 g/mol. The molecule has 0 aromatic heterocycles. The van der Waals surface area contributed by atoms with Crippen LogP contribution in [0.15, 0.2) is 35.5 Å². The van der Waals surface area contributed by atoms with E-state index in [2.05, 4.69) is 12.2 Å². The minimum atomic E-state index is 0.146. The van der Waals surface area contributed by atoms with Crippen LogP contribution in [0.2, 0.25) is 0 Å². The van der Waals surface area contributed by atoms with Gasteiger partial charge in [0.1, 0.15) is 0 Å². The van der Waals surface area contributed by atoms with E-state index in [1.807, 2.05) is 33.0 Å². The molecule has 1 heterocycles. The largest absolute Gasteiger partial charge is 0.337 e. The SMILES string of the molecule is CC.CN1CC2=C(C=CCC=C2)C1=O. The van der Waals surface area contributed by atoms with Crippen molar-refractivity contribution in [2.45, 2.75) is 20.3 Å². The van der Waals surface area contributed by atoms with Crippen LogP contribution in [0.4, 0.5) is 0 Å². The van der Waals surface area contributed by atoms with Crippen molar-refractivity contribution < 1.29 is 4.79 Å². The van der Waals surface area contributed by atoms with Gasteiger partial charge in [-0.25, -0.2) is 0 Å². The molecule has 0 spiro atoms. The molecule has 0 atom stereocenters. The molecule has 2 rings (SSSR count). The zero-order valence-electron chi connectivity index (χ0n) is 9.08. The maximum absolute atomic E-state index is 11.5. The van der Waals surface area contributed by atoms with E-state index >= 15 is 0 Å². The molecular formula is C12H17NO. The van der Waals surface area contributed by atoms with Gasteiger partial charge in [0.15, 0.2) is 0 Å². The summed E-state index contributed by atoms with van der Waals surface area (Å²) in [5.74, 6) is 0.146. The summed E-state index contributed by atoms with van der Waals surface area (Å²) in [7, 11) is 1.83. The fourth-order valence-corrected chi connectivity index (χ4v) is 1.55. The summed E-state index contributed by atoms with van der Waals surface area (Å²) >= 11 is 0. The first kappa shape index (κ1) is 10.8. The molecule has 1 aliphatic heterocycles. The molecule has 0 N–H and O–H groups in total. The number of amides is 1. The van der Waals surface area contributed by atoms with E-state index in [4.69, 9.17) is 0 Å². The number of allylic oxidation sites excluding steroid dienone is 2. The number of hydrogen-bond donors (Lipinski definition) is 0. The molecule has 0 bridgehead atoms. The van der Waals surface area contributed by atoms with Gasteiger partial charge in [-0.15, -0.1) is 0 Å². The molecule has 0 unspecified atom stereocenters. The van der Waals surface area contributed by atoms with Crippen molar-refractivity contribution in [1.29, 1.82) is 0 Å². The normalized spacial score (nSPS) is 19.1. The van der Waals surface area contributed by atoms with Crippen LogP contribution in [0.25, 0.3) is 0 Å². The summed E-state index contributed by atoms with van der Waals surface area (Å²) in [5, 5.41) is 0. The first-order valence-electron chi connectivity index (χ1n) is 5.11. The third-order valence-corrected chi connectivity index (χ3v) is 2.21. The van der Waals surface area contributed by atoms with Gasteiger partial charge in [-0.3, -0.25) is 4.79 Å². The predicted octanol–water partition coefficient (Wildman–Crippen LogP) is 2.30. The highest BCUT2D eigenvalue weighted by molar-refractivity contribution is 6.00. The first-order valence-corrected chi connectivity index (χ1v) is 5.11. The molecule has 2 heteroatoms. The second-order valence-electron chi connectivity index (χ2n) is 3.14. The van der Waals surface area contributed by atoms with Crippen molar-refractivity contribution in [2.75, 3.05) is 13.6 Å². The van der Waals surface area contributed by atoms with Crippen molar-refractivity contribution in [3.05, 3.63) is 35.5 Å². The minimum absolute atomic E-state index is 0.146. The Morgan fingerprint density at radius 2 is 1.86 bits per heavy atom. The number of carbonyl (C=O) groups is 1. The quantitative estimate of drug-likeness (QED) is 0.575. The second-order valence-corrected chi connectivity index (χ2v) is 3.14. The molecule has 2 nitrogen and oxygen atoms in total. The van der Waals surface area contributed by atoms with E-state index in [1.165, 1.54) is 0 Å². The number of likely N-dealkylation sites (N-methyl/N-ethyl adjacent to an activating group) is 1. The predicted molar refractivity (Wildman–Crippen MR) is 58.9 cm³/mol. The molecule has 14 heavy (non-hydrogen) atoms. The van der Waals surface area contributed by atoms with Gasteiger partial charge in [0, 0.05) is 19.2 Å². The van der Waals surface area contributed by atoms with E-state index in [1.54, 1.807) is 4.90 Å². The summed E-state index contributed by atoms with van der Waals surface area (Å²) in [5.41, 5.74) is 2.02. The minimum Gasteiger partial charge on any atom is -0.337 e. The molecule has 0 radical (unpaired) electrons. The number of rotatable bonds is 0. The Morgan fingerprint density at radius 3 is 2.57 bits per heavy atom. The van der Waals surface area contributed by atoms with Crippen molar-refractivity contribution in [1.82, 2.24) is 4.90 Å². The molecule has 1 amide bonds. The summed E-state index contributed by atoms with van der Waals surface area (Å²) in [4.78, 5) is 13.2. The lowest BCUT2D eigenvalue weighted by molar-refractivity contribution is -0.124. The molecule has 0 aromatic rings. The Bertz CT molecular complexity index is 310. The van der Waals surface area contributed by atoms with Gasteiger partial charge in [-0.05, 0) is 12.0 Å². The molecule has 0 saturated carbocycles. The van der Waals surface area contributed by atoms with Gasteiger partial charge in [0.05, 0.1) is 0 Å². The van der Waals surface area contributed by atoms with Crippen LogP contribution >= 0.6 is 0 Å². The molecule has 1 aliphatic carbocycles. The van der Waals surface area contributed by atoms with Gasteiger partial charge >= 0.3 is 0 Å². The summed E-state index contributed by atoms with van der Waals surface area (Å²) in [6.07, 6.45) is 9.03. The van der Waals surface area contributed by atoms with Crippen LogP contribution in [-0.2, 0) is 4.79 Å². The van der Waals surface area contributed by atoms with Crippen LogP contribution in [0.3, 0.4) is 0 Å². The topological polar surface area (TPSA) is 20.3 Å². The lowest BCUT2D eigenvalue weighted by Crippen LogP contribution is -2.21. The molecule has 0 aromatic carbocycles. The lowest BCUT2D eigenvalue weighted by atomic mass is 10.1. The van der Waals surface area contributed by atoms with Crippen molar-refractivity contribution in [2.24, 2.45) is 0 Å². The second kappa shape index (κ2) is 4.80. The highest BCUT2D eigenvalue weighted by Gasteiger charge is 2.24. The van der Waals surface area contributed by atoms with E-state index in [0.717, 1.165) is 24.1 Å². The Labute approximate surface area is 85.6 Å². The van der Waals surface area contributed by atoms with Crippen LogP contribution in [0.5, 0.6) is 0 Å². The Hall–Kier alpha value is -1.31. The van der Waals surface area contributed by atoms with Gasteiger partial charge in [-0.2, -0.15) is 0 Å². The zero-order chi connectivity index (χ0) is 10.6. The molecule has 2 aliphatic rings. The van der Waals surface area contributed by atoms with E-state index < -0.39 is 0 Å². The average Bonchev–Trinajstić information content (AvgIpc) is 2.44. The number of carbonyl (C=O) groups excluding carboxylic acids is 1. The third-order valence-electron chi connectivity index (χ3n) is 2.21. The van der Waals surface area contributed by atoms with Gasteiger partial charge in [0.25, 0.3) is 5.91 Å². The molecule has 0 saturated heterocycles. The molecule has 0 fully saturated rings. The molecular weight excluding hydrogens is 174 g/mol. The maximum atomic E-state index is 11.5. The number of hydrogen-bond acceptors (Lipinski definition) is 1. The summed E-state index contributed by atoms with van der Waals surface area (Å²) < 4.78 is 0. The van der Waals surface area contributed by atoms with Crippen LogP contribution in [-0.4, -0.2) is 24.4 Å². The first-order chi connectivity index (χ1) is 6.79. The summed E-state index contributed by atoms with van der Waals surface area (Å²) in [6.45, 7) is 4.76. The molecule has 76 valence electrons. The third kappa shape index (κ3) is 1.95. The van der Waals surface area contributed by atoms with Crippen LogP contribution < -0.4 is 0 Å². The Kier molecular flexibility index (Phi) is 3.69. The highest BCUT2D eigenvalue weighted by atomic mass is 16.2. The Balaban J connectivity index is 0.000000461. The fourth-order valence-electron chi connectivity index (χ4n) is 1.55. The zero-order valence-corrected chi connectivity index (χ0v) is 9.08. The maximum Gasteiger partial charge on any atom is 0.254 e. The van der Waals surface area contributed by atoms with Crippen molar-refractivity contribution in [3.63, 3.8) is 0 Å². The van der Waals surface area contributed by atoms with E-state index in [9.17, 15) is 4.79 Å². The van der Waals surface area contributed by atoms with Crippen LogP contribution in [0, 0.1) is 0 Å². The van der Waals surface area contributed by atoms with Crippen molar-refractivity contribution >= 4 is 5.91 Å². The number of nitrogens with zero attached hydrogens (tertiary/aromatic N) is 1. The van der Waals surface area contributed by atoms with E-state index in [-0.39, 0.29) is 5.91 Å². The fraction of sp³-hybridized carbons (Fsp3) is 0.417. The lowest BCUT2D eigenvalue weighted by Gasteiger charge is -2.06. The van der Waals surface area contributed by atoms with Crippen molar-refractivity contribution in [3.8, 4) is 0 Å². The van der Waals surface area contributed by atoms with E-state index in [0.29, 0.717) is 0 Å². The van der Waals surface area contributed by atoms with Gasteiger partial charge < -0.3 is 4.90 Å². The van der Waals surface area contributed by atoms with Crippen LogP contribution in [0.1, 0.15) is 20.3 Å². The summed E-state index contributed by atoms with van der Waals surface area (Å²) in [6, 6.07) is 0. The average molecular weight is 191 g/mol. The standard InChI is InChI=1S/C10H11NO.C2H6/c1-11-7-8-5-3-2-4-6-9(8)10(11)12;1-2/h3-6H,2,7H2,1H3;1-2H3. The Morgan fingerprint density at radius 1 is 1.21 bits per heavy atom. The van der Waals surface area contributed by atoms with Gasteiger partial charge in [-0.1, -0.05) is 38.2 Å². The smallest absolute Gasteiger partial charge is 0.254 e. The highest BCUT2D eigenvalue weighted by Crippen LogP contribution is 2.21. The van der Waals surface area contributed by atoms with Gasteiger partial charge in [0.2, 0.25) is 0 Å².